The summed E-state index contributed by atoms with van der Waals surface area (Å²) in [7, 11) is 1.63. The molecular weight excluding hydrogens is 378 g/mol. The molecule has 1 aromatic carbocycles. The second kappa shape index (κ2) is 11.4. The maximum absolute atomic E-state index is 11.8. The third-order valence-corrected chi connectivity index (χ3v) is 3.44. The van der Waals surface area contributed by atoms with E-state index in [9.17, 15) is 14.9 Å². The van der Waals surface area contributed by atoms with Crippen LogP contribution in [0.3, 0.4) is 0 Å². The highest BCUT2D eigenvalue weighted by molar-refractivity contribution is 9.10. The fourth-order valence-corrected chi connectivity index (χ4v) is 2.13. The second-order valence-corrected chi connectivity index (χ2v) is 5.16. The first-order valence-corrected chi connectivity index (χ1v) is 7.23. The lowest BCUT2D eigenvalue weighted by Crippen LogP contribution is -2.33. The Hall–Kier alpha value is -1.22. The van der Waals surface area contributed by atoms with Gasteiger partial charge in [-0.25, -0.2) is 0 Å². The Bertz CT molecular complexity index is 502. The van der Waals surface area contributed by atoms with Gasteiger partial charge in [-0.05, 0) is 5.56 Å². The topological polar surface area (TPSA) is 93.5 Å². The van der Waals surface area contributed by atoms with Gasteiger partial charge in [0.2, 0.25) is 5.91 Å². The molecule has 9 heteroatoms. The van der Waals surface area contributed by atoms with Crippen molar-refractivity contribution in [3.63, 3.8) is 0 Å². The summed E-state index contributed by atoms with van der Waals surface area (Å²) >= 11 is 3.24. The summed E-state index contributed by atoms with van der Waals surface area (Å²) in [4.78, 5) is 21.9. The summed E-state index contributed by atoms with van der Waals surface area (Å²) in [6.45, 7) is 2.55. The molecule has 1 rings (SSSR count). The number of nitrogens with one attached hydrogen (secondary N) is 2. The van der Waals surface area contributed by atoms with Gasteiger partial charge in [-0.2, -0.15) is 0 Å². The molecule has 0 heterocycles. The number of amides is 1. The van der Waals surface area contributed by atoms with Gasteiger partial charge >= 0.3 is 0 Å². The molecule has 0 aliphatic rings. The average molecular weight is 397 g/mol. The molecule has 7 nitrogen and oxygen atoms in total. The van der Waals surface area contributed by atoms with Crippen molar-refractivity contribution >= 4 is 39.9 Å². The molecule has 0 atom stereocenters. The number of hydrogen-bond acceptors (Lipinski definition) is 5. The minimum absolute atomic E-state index is 0. The molecule has 1 amide bonds. The van der Waals surface area contributed by atoms with Crippen molar-refractivity contribution in [3.05, 3.63) is 38.3 Å². The molecule has 0 saturated carbocycles. The Morgan fingerprint density at radius 1 is 1.36 bits per heavy atom. The van der Waals surface area contributed by atoms with Crippen LogP contribution >= 0.6 is 28.3 Å². The zero-order chi connectivity index (χ0) is 15.7. The van der Waals surface area contributed by atoms with Crippen LogP contribution in [0.15, 0.2) is 22.7 Å². The minimum Gasteiger partial charge on any atom is -0.383 e. The number of benzene rings is 1. The smallest absolute Gasteiger partial charge is 0.270 e. The van der Waals surface area contributed by atoms with Crippen molar-refractivity contribution in [2.75, 3.05) is 33.4 Å². The summed E-state index contributed by atoms with van der Waals surface area (Å²) in [6, 6.07) is 4.37. The molecule has 0 spiro atoms. The number of carbonyl (C=O) groups excluding carboxylic acids is 1. The lowest BCUT2D eigenvalue weighted by atomic mass is 10.1. The van der Waals surface area contributed by atoms with Gasteiger partial charge in [0.1, 0.15) is 0 Å². The van der Waals surface area contributed by atoms with Crippen molar-refractivity contribution in [2.24, 2.45) is 0 Å². The van der Waals surface area contributed by atoms with E-state index in [0.29, 0.717) is 29.7 Å². The number of halogens is 2. The lowest BCUT2D eigenvalue weighted by Gasteiger charge is -2.07. The van der Waals surface area contributed by atoms with Crippen molar-refractivity contribution in [2.45, 2.75) is 6.42 Å². The molecule has 0 saturated heterocycles. The standard InChI is InChI=1S/C13H18BrN3O4.ClH/c1-21-7-6-15-4-5-16-13(18)8-10-2-3-11(17(19)20)9-12(10)14;/h2-3,9,15H,4-8H2,1H3,(H,16,18);1H. The highest BCUT2D eigenvalue weighted by Gasteiger charge is 2.11. The first-order chi connectivity index (χ1) is 10.0. The predicted octanol–water partition coefficient (Wildman–Crippen LogP) is 1.67. The highest BCUT2D eigenvalue weighted by Crippen LogP contribution is 2.23. The van der Waals surface area contributed by atoms with Gasteiger partial charge < -0.3 is 15.4 Å². The van der Waals surface area contributed by atoms with Crippen molar-refractivity contribution in [1.82, 2.24) is 10.6 Å². The van der Waals surface area contributed by atoms with Gasteiger partial charge in [0.25, 0.3) is 5.69 Å². The number of nitro benzene ring substituents is 1. The van der Waals surface area contributed by atoms with Gasteiger partial charge in [0.05, 0.1) is 18.0 Å². The van der Waals surface area contributed by atoms with Crippen LogP contribution in [0.1, 0.15) is 5.56 Å². The zero-order valence-electron chi connectivity index (χ0n) is 12.1. The summed E-state index contributed by atoms with van der Waals surface area (Å²) in [5.74, 6) is -0.127. The maximum Gasteiger partial charge on any atom is 0.270 e. The Kier molecular flexibility index (Phi) is 10.7. The van der Waals surface area contributed by atoms with E-state index in [-0.39, 0.29) is 30.4 Å². The summed E-state index contributed by atoms with van der Waals surface area (Å²) < 4.78 is 5.45. The van der Waals surface area contributed by atoms with Crippen LogP contribution in [0, 0.1) is 10.1 Å². The van der Waals surface area contributed by atoms with Crippen LogP contribution < -0.4 is 10.6 Å². The molecule has 0 aliphatic carbocycles. The predicted molar refractivity (Wildman–Crippen MR) is 89.5 cm³/mol. The van der Waals surface area contributed by atoms with Gasteiger partial charge in [-0.1, -0.05) is 22.0 Å². The van der Waals surface area contributed by atoms with Gasteiger partial charge in [-0.15, -0.1) is 12.4 Å². The lowest BCUT2D eigenvalue weighted by molar-refractivity contribution is -0.384. The molecule has 0 aromatic heterocycles. The number of nitro groups is 1. The van der Waals surface area contributed by atoms with E-state index < -0.39 is 4.92 Å². The monoisotopic (exact) mass is 395 g/mol. The van der Waals surface area contributed by atoms with Crippen LogP contribution in [-0.4, -0.2) is 44.2 Å². The van der Waals surface area contributed by atoms with E-state index in [1.807, 2.05) is 0 Å². The third kappa shape index (κ3) is 7.69. The minimum atomic E-state index is -0.472. The Morgan fingerprint density at radius 2 is 2.09 bits per heavy atom. The molecule has 124 valence electrons. The van der Waals surface area contributed by atoms with Gasteiger partial charge in [-0.3, -0.25) is 14.9 Å². The van der Waals surface area contributed by atoms with E-state index >= 15 is 0 Å². The molecule has 0 aliphatic heterocycles. The van der Waals surface area contributed by atoms with Crippen LogP contribution in [0.4, 0.5) is 5.69 Å². The van der Waals surface area contributed by atoms with Crippen molar-refractivity contribution < 1.29 is 14.5 Å². The van der Waals surface area contributed by atoms with E-state index in [4.69, 9.17) is 4.74 Å². The summed E-state index contributed by atoms with van der Waals surface area (Å²) in [6.07, 6.45) is 0.177. The average Bonchev–Trinajstić information content (AvgIpc) is 2.44. The molecule has 0 bridgehead atoms. The molecule has 22 heavy (non-hydrogen) atoms. The van der Waals surface area contributed by atoms with Gasteiger partial charge in [0, 0.05) is 43.3 Å². The fourth-order valence-electron chi connectivity index (χ4n) is 1.62. The number of ether oxygens (including phenoxy) is 1. The Labute approximate surface area is 143 Å². The van der Waals surface area contributed by atoms with Crippen LogP contribution in [0.5, 0.6) is 0 Å². The normalized spacial score (nSPS) is 9.91. The number of hydrogen-bond donors (Lipinski definition) is 2. The molecule has 0 fully saturated rings. The first kappa shape index (κ1) is 20.8. The van der Waals surface area contributed by atoms with Crippen LogP contribution in [0.25, 0.3) is 0 Å². The van der Waals surface area contributed by atoms with Crippen LogP contribution in [0.2, 0.25) is 0 Å². The summed E-state index contributed by atoms with van der Waals surface area (Å²) in [5.41, 5.74) is 0.707. The van der Waals surface area contributed by atoms with Crippen LogP contribution in [-0.2, 0) is 16.0 Å². The SMILES string of the molecule is COCCNCCNC(=O)Cc1ccc([N+](=O)[O-])cc1Br.Cl. The Morgan fingerprint density at radius 3 is 2.68 bits per heavy atom. The van der Waals surface area contributed by atoms with Gasteiger partial charge in [0.15, 0.2) is 0 Å². The quantitative estimate of drug-likeness (QED) is 0.376. The van der Waals surface area contributed by atoms with Crippen molar-refractivity contribution in [1.29, 1.82) is 0 Å². The number of methoxy groups -OCH3 is 1. The van der Waals surface area contributed by atoms with E-state index in [1.165, 1.54) is 12.1 Å². The second-order valence-electron chi connectivity index (χ2n) is 4.30. The van der Waals surface area contributed by atoms with E-state index in [0.717, 1.165) is 6.54 Å². The van der Waals surface area contributed by atoms with Crippen molar-refractivity contribution in [3.8, 4) is 0 Å². The molecule has 2 N–H and O–H groups in total. The Balaban J connectivity index is 0.00000441. The fraction of sp³-hybridized carbons (Fsp3) is 0.462. The van der Waals surface area contributed by atoms with E-state index in [2.05, 4.69) is 26.6 Å². The maximum atomic E-state index is 11.8. The highest BCUT2D eigenvalue weighted by atomic mass is 79.9. The largest absolute Gasteiger partial charge is 0.383 e. The molecule has 0 radical (unpaired) electrons. The number of carbonyl (C=O) groups is 1. The number of nitrogens with zero attached hydrogens (tertiary/aromatic N) is 1. The molecule has 1 aromatic rings. The summed E-state index contributed by atoms with van der Waals surface area (Å²) in [5, 5.41) is 16.5. The molecular formula is C13H19BrClN3O4. The number of rotatable bonds is 9. The zero-order valence-corrected chi connectivity index (χ0v) is 14.5. The molecule has 0 unspecified atom stereocenters. The third-order valence-electron chi connectivity index (χ3n) is 2.71. The number of non-ortho nitro benzene ring substituents is 1. The van der Waals surface area contributed by atoms with E-state index in [1.54, 1.807) is 13.2 Å². The first-order valence-electron chi connectivity index (χ1n) is 6.43.